The van der Waals surface area contributed by atoms with E-state index in [9.17, 15) is 4.79 Å². The number of carbonyl (C=O) groups excluding carboxylic acids is 1. The molecule has 5 nitrogen and oxygen atoms in total. The Balaban J connectivity index is 1.32. The van der Waals surface area contributed by atoms with Gasteiger partial charge < -0.3 is 14.5 Å². The molecule has 0 bridgehead atoms. The van der Waals surface area contributed by atoms with Crippen LogP contribution in [0.4, 0.5) is 4.79 Å². The summed E-state index contributed by atoms with van der Waals surface area (Å²) in [6, 6.07) is 20.3. The first-order chi connectivity index (χ1) is 18.4. The van der Waals surface area contributed by atoms with Crippen LogP contribution in [0.3, 0.4) is 0 Å². The Morgan fingerprint density at radius 1 is 0.974 bits per heavy atom. The Hall–Kier alpha value is -3.41. The van der Waals surface area contributed by atoms with Crippen LogP contribution >= 0.6 is 23.2 Å². The van der Waals surface area contributed by atoms with Crippen LogP contribution in [-0.2, 0) is 6.42 Å². The van der Waals surface area contributed by atoms with Gasteiger partial charge in [-0.15, -0.1) is 0 Å². The summed E-state index contributed by atoms with van der Waals surface area (Å²) in [7, 11) is 0. The number of nitrogens with one attached hydrogen (secondary N) is 1. The van der Waals surface area contributed by atoms with E-state index >= 15 is 0 Å². The molecule has 38 heavy (non-hydrogen) atoms. The van der Waals surface area contributed by atoms with E-state index in [0.717, 1.165) is 40.8 Å². The zero-order valence-corrected chi connectivity index (χ0v) is 22.6. The van der Waals surface area contributed by atoms with Gasteiger partial charge in [0.15, 0.2) is 0 Å². The highest BCUT2D eigenvalue weighted by Gasteiger charge is 2.36. The molecule has 1 aliphatic heterocycles. The number of aromatic nitrogens is 1. The van der Waals surface area contributed by atoms with Gasteiger partial charge >= 0.3 is 6.09 Å². The number of hydrogen-bond donors (Lipinski definition) is 1. The van der Waals surface area contributed by atoms with Crippen molar-refractivity contribution in [2.75, 3.05) is 13.2 Å². The van der Waals surface area contributed by atoms with Crippen LogP contribution in [0.15, 0.2) is 78.9 Å². The molecule has 0 saturated carbocycles. The van der Waals surface area contributed by atoms with Crippen molar-refractivity contribution < 1.29 is 14.3 Å². The molecule has 4 aromatic rings. The monoisotopic (exact) mass is 546 g/mol. The SMILES string of the molecule is CC1(COc2ccc(C3c4[nH]c5ccc(Cl)cc5c4CCN3C(=O)Oc3ccc(Cl)cc3)cc2)CC=CC1. The summed E-state index contributed by atoms with van der Waals surface area (Å²) in [6.07, 6.45) is 6.78. The van der Waals surface area contributed by atoms with Gasteiger partial charge in [-0.1, -0.05) is 54.4 Å². The maximum Gasteiger partial charge on any atom is 0.416 e. The smallest absolute Gasteiger partial charge is 0.416 e. The third kappa shape index (κ3) is 4.89. The molecular formula is C31H28Cl2N2O3. The number of aromatic amines is 1. The number of amides is 1. The number of allylic oxidation sites excluding steroid dienone is 2. The van der Waals surface area contributed by atoms with Crippen LogP contribution in [0.2, 0.25) is 10.0 Å². The summed E-state index contributed by atoms with van der Waals surface area (Å²) in [5, 5.41) is 2.36. The van der Waals surface area contributed by atoms with E-state index in [1.807, 2.05) is 42.5 Å². The van der Waals surface area contributed by atoms with Crippen molar-refractivity contribution in [3.63, 3.8) is 0 Å². The van der Waals surface area contributed by atoms with Gasteiger partial charge in [-0.25, -0.2) is 4.79 Å². The van der Waals surface area contributed by atoms with E-state index in [4.69, 9.17) is 32.7 Å². The van der Waals surface area contributed by atoms with E-state index in [-0.39, 0.29) is 11.5 Å². The topological polar surface area (TPSA) is 54.6 Å². The molecule has 0 spiro atoms. The fraction of sp³-hybridized carbons (Fsp3) is 0.258. The van der Waals surface area contributed by atoms with Crippen molar-refractivity contribution in [1.82, 2.24) is 9.88 Å². The molecule has 0 saturated heterocycles. The Kier molecular flexibility index (Phi) is 6.58. The highest BCUT2D eigenvalue weighted by molar-refractivity contribution is 6.31. The van der Waals surface area contributed by atoms with Gasteiger partial charge in [-0.3, -0.25) is 4.90 Å². The summed E-state index contributed by atoms with van der Waals surface area (Å²) in [4.78, 5) is 18.8. The number of fused-ring (bicyclic) bond motifs is 3. The molecule has 1 unspecified atom stereocenters. The molecule has 1 atom stereocenters. The van der Waals surface area contributed by atoms with Gasteiger partial charge in [0.05, 0.1) is 6.61 Å². The normalized spacial score (nSPS) is 18.0. The number of benzene rings is 3. The van der Waals surface area contributed by atoms with Gasteiger partial charge in [0.2, 0.25) is 0 Å². The third-order valence-corrected chi connectivity index (χ3v) is 8.00. The van der Waals surface area contributed by atoms with E-state index in [1.54, 1.807) is 29.2 Å². The van der Waals surface area contributed by atoms with Crippen LogP contribution < -0.4 is 9.47 Å². The minimum absolute atomic E-state index is 0.144. The lowest BCUT2D eigenvalue weighted by atomic mass is 9.89. The molecule has 0 fully saturated rings. The van der Waals surface area contributed by atoms with Crippen molar-refractivity contribution in [3.05, 3.63) is 106 Å². The van der Waals surface area contributed by atoms with Gasteiger partial charge in [-0.05, 0) is 85.0 Å². The second kappa shape index (κ2) is 10.0. The number of rotatable bonds is 5. The second-order valence-corrected chi connectivity index (χ2v) is 11.3. The van der Waals surface area contributed by atoms with Gasteiger partial charge in [0.1, 0.15) is 17.5 Å². The van der Waals surface area contributed by atoms with E-state index in [0.29, 0.717) is 35.4 Å². The molecule has 0 radical (unpaired) electrons. The lowest BCUT2D eigenvalue weighted by Crippen LogP contribution is -2.42. The zero-order valence-electron chi connectivity index (χ0n) is 21.0. The molecule has 1 aromatic heterocycles. The fourth-order valence-corrected chi connectivity index (χ4v) is 5.70. The molecule has 6 rings (SSSR count). The van der Waals surface area contributed by atoms with Crippen molar-refractivity contribution in [3.8, 4) is 11.5 Å². The summed E-state index contributed by atoms with van der Waals surface area (Å²) in [5.41, 5.74) is 4.25. The zero-order chi connectivity index (χ0) is 26.3. The van der Waals surface area contributed by atoms with Crippen molar-refractivity contribution >= 4 is 40.2 Å². The fourth-order valence-electron chi connectivity index (χ4n) is 5.41. The molecule has 1 aliphatic carbocycles. The molecule has 3 aromatic carbocycles. The molecule has 2 aliphatic rings. The maximum atomic E-state index is 13.5. The number of halogens is 2. The van der Waals surface area contributed by atoms with Gasteiger partial charge in [0, 0.05) is 38.6 Å². The Morgan fingerprint density at radius 3 is 2.39 bits per heavy atom. The first-order valence-electron chi connectivity index (χ1n) is 12.8. The maximum absolute atomic E-state index is 13.5. The predicted octanol–water partition coefficient (Wildman–Crippen LogP) is 8.36. The van der Waals surface area contributed by atoms with Crippen LogP contribution in [0, 0.1) is 5.41 Å². The predicted molar refractivity (Wildman–Crippen MR) is 151 cm³/mol. The third-order valence-electron chi connectivity index (χ3n) is 7.51. The molecule has 2 heterocycles. The van der Waals surface area contributed by atoms with Crippen LogP contribution in [0.25, 0.3) is 10.9 Å². The summed E-state index contributed by atoms with van der Waals surface area (Å²) < 4.78 is 11.9. The van der Waals surface area contributed by atoms with E-state index in [2.05, 4.69) is 24.1 Å². The summed E-state index contributed by atoms with van der Waals surface area (Å²) in [5.74, 6) is 1.27. The Morgan fingerprint density at radius 2 is 1.66 bits per heavy atom. The van der Waals surface area contributed by atoms with Crippen molar-refractivity contribution in [2.24, 2.45) is 5.41 Å². The molecular weight excluding hydrogens is 519 g/mol. The molecule has 194 valence electrons. The second-order valence-electron chi connectivity index (χ2n) is 10.4. The van der Waals surface area contributed by atoms with Crippen molar-refractivity contribution in [1.29, 1.82) is 0 Å². The summed E-state index contributed by atoms with van der Waals surface area (Å²) in [6.45, 7) is 3.42. The minimum atomic E-state index is -0.415. The largest absolute Gasteiger partial charge is 0.493 e. The Labute approximate surface area is 232 Å². The van der Waals surface area contributed by atoms with E-state index in [1.165, 1.54) is 5.56 Å². The standard InChI is InChI=1S/C31H28Cl2N2O3/c1-31(15-2-3-16-31)19-37-23-9-4-20(5-10-23)29-28-25(26-18-22(33)8-13-27(26)34-28)14-17-35(29)30(36)38-24-11-6-21(32)7-12-24/h2-13,18,29,34H,14-17,19H2,1H3. The summed E-state index contributed by atoms with van der Waals surface area (Å²) >= 11 is 12.3. The van der Waals surface area contributed by atoms with E-state index < -0.39 is 6.09 Å². The molecule has 1 amide bonds. The first-order valence-corrected chi connectivity index (χ1v) is 13.6. The number of nitrogens with zero attached hydrogens (tertiary/aromatic N) is 1. The quantitative estimate of drug-likeness (QED) is 0.256. The average molecular weight is 547 g/mol. The lowest BCUT2D eigenvalue weighted by molar-refractivity contribution is 0.135. The van der Waals surface area contributed by atoms with Crippen molar-refractivity contribution in [2.45, 2.75) is 32.2 Å². The number of ether oxygens (including phenoxy) is 2. The average Bonchev–Trinajstić information content (AvgIpc) is 3.52. The number of carbonyl (C=O) groups is 1. The molecule has 7 heteroatoms. The lowest BCUT2D eigenvalue weighted by Gasteiger charge is -2.35. The van der Waals surface area contributed by atoms with Gasteiger partial charge in [0.25, 0.3) is 0 Å². The highest BCUT2D eigenvalue weighted by Crippen LogP contribution is 2.40. The van der Waals surface area contributed by atoms with Crippen LogP contribution in [-0.4, -0.2) is 29.1 Å². The Bertz CT molecular complexity index is 1500. The molecule has 1 N–H and O–H groups in total. The number of hydrogen-bond acceptors (Lipinski definition) is 3. The van der Waals surface area contributed by atoms with Crippen LogP contribution in [0.1, 0.15) is 42.6 Å². The van der Waals surface area contributed by atoms with Crippen LogP contribution in [0.5, 0.6) is 11.5 Å². The number of H-pyrrole nitrogens is 1. The minimum Gasteiger partial charge on any atom is -0.493 e. The van der Waals surface area contributed by atoms with Gasteiger partial charge in [-0.2, -0.15) is 0 Å². The first kappa shape index (κ1) is 24.9. The highest BCUT2D eigenvalue weighted by atomic mass is 35.5.